The minimum Gasteiger partial charge on any atom is -0.484 e. The summed E-state index contributed by atoms with van der Waals surface area (Å²) in [5, 5.41) is 2.26. The minimum absolute atomic E-state index is 0.304. The van der Waals surface area contributed by atoms with Crippen LogP contribution in [-0.2, 0) is 23.8 Å². The Labute approximate surface area is 174 Å². The molecule has 3 aromatic rings. The molecule has 1 fully saturated rings. The number of hydrogen-bond acceptors (Lipinski definition) is 4. The molecule has 4 nitrogen and oxygen atoms in total. The summed E-state index contributed by atoms with van der Waals surface area (Å²) in [5.74, 6) is 0.391. The molecule has 1 aliphatic heterocycles. The number of aromatic nitrogens is 1. The van der Waals surface area contributed by atoms with Gasteiger partial charge in [-0.15, -0.1) is 0 Å². The van der Waals surface area contributed by atoms with Crippen LogP contribution < -0.4 is 4.74 Å². The molecule has 0 radical (unpaired) electrons. The molecule has 28 heavy (non-hydrogen) atoms. The quantitative estimate of drug-likeness (QED) is 0.617. The zero-order valence-corrected chi connectivity index (χ0v) is 18.0. The van der Waals surface area contributed by atoms with Gasteiger partial charge in [0.15, 0.2) is 5.06 Å². The predicted molar refractivity (Wildman–Crippen MR) is 115 cm³/mol. The zero-order chi connectivity index (χ0) is 19.5. The summed E-state index contributed by atoms with van der Waals surface area (Å²) >= 11 is 7.53. The first-order valence-corrected chi connectivity index (χ1v) is 10.9. The summed E-state index contributed by atoms with van der Waals surface area (Å²) in [6.45, 7) is 1.68. The summed E-state index contributed by atoms with van der Waals surface area (Å²) in [6, 6.07) is 10.8. The lowest BCUT2D eigenvalue weighted by molar-refractivity contribution is -0.129. The van der Waals surface area contributed by atoms with Crippen LogP contribution in [0.2, 0.25) is 4.34 Å². The maximum absolute atomic E-state index is 6.37. The Balaban J connectivity index is 1.51. The Morgan fingerprint density at radius 2 is 2.11 bits per heavy atom. The van der Waals surface area contributed by atoms with Gasteiger partial charge in [0, 0.05) is 49.8 Å². The average molecular weight is 417 g/mol. The molecule has 5 rings (SSSR count). The van der Waals surface area contributed by atoms with E-state index in [9.17, 15) is 0 Å². The maximum atomic E-state index is 6.37. The van der Waals surface area contributed by atoms with Crippen LogP contribution in [0.15, 0.2) is 36.5 Å². The molecule has 1 aromatic carbocycles. The van der Waals surface area contributed by atoms with Crippen LogP contribution in [0.5, 0.6) is 5.06 Å². The standard InChI is InChI=1S/C22H25ClN2O2S/c1-24-12-15-9-18-22(26-3,16-5-4-6-17(24)21(15)16)10-14(11-25(18)2)13-27-20-8-7-19(23)28-20/h4-8,12,14,18H,9-11,13H2,1-3H3/t14-,18-,22+/m1/s1. The monoisotopic (exact) mass is 416 g/mol. The average Bonchev–Trinajstić information content (AvgIpc) is 3.25. The SMILES string of the molecule is CO[C@]12C[C@@H](COc3ccc(Cl)s3)CN(C)[C@@H]1Cc1cn(C)c3cccc2c13. The van der Waals surface area contributed by atoms with Crippen LogP contribution in [0, 0.1) is 5.92 Å². The molecular formula is C22H25ClN2O2S. The Bertz CT molecular complexity index is 1030. The van der Waals surface area contributed by atoms with Gasteiger partial charge in [-0.1, -0.05) is 35.1 Å². The third-order valence-corrected chi connectivity index (χ3v) is 7.69. The number of fused-ring (bicyclic) bond motifs is 2. The van der Waals surface area contributed by atoms with E-state index in [1.54, 1.807) is 0 Å². The molecule has 3 atom stereocenters. The molecule has 2 aliphatic rings. The summed E-state index contributed by atoms with van der Waals surface area (Å²) < 4.78 is 15.5. The summed E-state index contributed by atoms with van der Waals surface area (Å²) in [5.41, 5.74) is 3.74. The van der Waals surface area contributed by atoms with Gasteiger partial charge in [0.25, 0.3) is 0 Å². The van der Waals surface area contributed by atoms with Gasteiger partial charge >= 0.3 is 0 Å². The van der Waals surface area contributed by atoms with E-state index in [1.165, 1.54) is 33.4 Å². The summed E-state index contributed by atoms with van der Waals surface area (Å²) in [6.07, 6.45) is 4.27. The van der Waals surface area contributed by atoms with Gasteiger partial charge < -0.3 is 14.0 Å². The number of likely N-dealkylation sites (tertiary alicyclic amines) is 1. The highest BCUT2D eigenvalue weighted by atomic mass is 35.5. The molecular weight excluding hydrogens is 392 g/mol. The van der Waals surface area contributed by atoms with Crippen molar-refractivity contribution in [3.05, 3.63) is 52.0 Å². The third kappa shape index (κ3) is 2.71. The van der Waals surface area contributed by atoms with Crippen LogP contribution in [0.25, 0.3) is 10.9 Å². The van der Waals surface area contributed by atoms with Crippen molar-refractivity contribution >= 4 is 33.8 Å². The summed E-state index contributed by atoms with van der Waals surface area (Å²) in [4.78, 5) is 2.47. The number of likely N-dealkylation sites (N-methyl/N-ethyl adjacent to an activating group) is 1. The van der Waals surface area contributed by atoms with Crippen molar-refractivity contribution in [1.82, 2.24) is 9.47 Å². The predicted octanol–water partition coefficient (Wildman–Crippen LogP) is 4.69. The number of nitrogens with zero attached hydrogens (tertiary/aromatic N) is 2. The van der Waals surface area contributed by atoms with Crippen molar-refractivity contribution in [2.45, 2.75) is 24.5 Å². The van der Waals surface area contributed by atoms with Crippen LogP contribution in [0.3, 0.4) is 0 Å². The van der Waals surface area contributed by atoms with Crippen LogP contribution in [-0.4, -0.2) is 42.8 Å². The fraction of sp³-hybridized carbons (Fsp3) is 0.455. The number of hydrogen-bond donors (Lipinski definition) is 0. The van der Waals surface area contributed by atoms with E-state index in [2.05, 4.69) is 48.0 Å². The van der Waals surface area contributed by atoms with E-state index in [4.69, 9.17) is 21.1 Å². The molecule has 0 saturated carbocycles. The largest absolute Gasteiger partial charge is 0.484 e. The van der Waals surface area contributed by atoms with Gasteiger partial charge in [0.05, 0.1) is 10.9 Å². The van der Waals surface area contributed by atoms with Gasteiger partial charge in [0.1, 0.15) is 5.60 Å². The molecule has 148 valence electrons. The normalized spacial score (nSPS) is 27.1. The molecule has 0 spiro atoms. The van der Waals surface area contributed by atoms with Crippen molar-refractivity contribution in [2.75, 3.05) is 27.3 Å². The molecule has 6 heteroatoms. The van der Waals surface area contributed by atoms with Crippen molar-refractivity contribution in [3.8, 4) is 5.06 Å². The maximum Gasteiger partial charge on any atom is 0.175 e. The lowest BCUT2D eigenvalue weighted by atomic mass is 9.69. The number of piperidine rings is 1. The molecule has 0 unspecified atom stereocenters. The number of thiophene rings is 1. The van der Waals surface area contributed by atoms with Crippen molar-refractivity contribution < 1.29 is 9.47 Å². The fourth-order valence-electron chi connectivity index (χ4n) is 5.40. The zero-order valence-electron chi connectivity index (χ0n) is 16.4. The van der Waals surface area contributed by atoms with E-state index in [1.807, 2.05) is 19.2 Å². The Hall–Kier alpha value is -1.53. The Morgan fingerprint density at radius 1 is 1.25 bits per heavy atom. The third-order valence-electron chi connectivity index (χ3n) is 6.54. The van der Waals surface area contributed by atoms with Crippen molar-refractivity contribution in [2.24, 2.45) is 13.0 Å². The first-order valence-electron chi connectivity index (χ1n) is 9.73. The highest BCUT2D eigenvalue weighted by molar-refractivity contribution is 7.17. The van der Waals surface area contributed by atoms with Crippen LogP contribution in [0.4, 0.5) is 0 Å². The molecule has 0 amide bonds. The van der Waals surface area contributed by atoms with Crippen molar-refractivity contribution in [3.63, 3.8) is 0 Å². The second-order valence-electron chi connectivity index (χ2n) is 8.16. The van der Waals surface area contributed by atoms with E-state index < -0.39 is 0 Å². The molecule has 2 aromatic heterocycles. The Morgan fingerprint density at radius 3 is 2.86 bits per heavy atom. The number of aryl methyl sites for hydroxylation is 1. The highest BCUT2D eigenvalue weighted by Gasteiger charge is 2.51. The van der Waals surface area contributed by atoms with Gasteiger partial charge in [-0.2, -0.15) is 0 Å². The molecule has 1 saturated heterocycles. The lowest BCUT2D eigenvalue weighted by Gasteiger charge is -2.53. The fourth-order valence-corrected chi connectivity index (χ4v) is 6.28. The number of rotatable bonds is 4. The lowest BCUT2D eigenvalue weighted by Crippen LogP contribution is -2.60. The molecule has 0 bridgehead atoms. The summed E-state index contributed by atoms with van der Waals surface area (Å²) in [7, 11) is 6.23. The Kier molecular flexibility index (Phi) is 4.47. The number of benzene rings is 1. The van der Waals surface area contributed by atoms with E-state index in [0.717, 1.165) is 28.8 Å². The highest BCUT2D eigenvalue weighted by Crippen LogP contribution is 2.49. The number of methoxy groups -OCH3 is 1. The second kappa shape index (κ2) is 6.77. The van der Waals surface area contributed by atoms with E-state index in [0.29, 0.717) is 18.6 Å². The van der Waals surface area contributed by atoms with E-state index >= 15 is 0 Å². The second-order valence-corrected chi connectivity index (χ2v) is 9.84. The minimum atomic E-state index is -0.304. The number of ether oxygens (including phenoxy) is 2. The molecule has 1 aliphatic carbocycles. The molecule has 0 N–H and O–H groups in total. The topological polar surface area (TPSA) is 26.6 Å². The van der Waals surface area contributed by atoms with Crippen molar-refractivity contribution in [1.29, 1.82) is 0 Å². The molecule has 3 heterocycles. The van der Waals surface area contributed by atoms with Crippen LogP contribution in [0.1, 0.15) is 17.5 Å². The van der Waals surface area contributed by atoms with E-state index in [-0.39, 0.29) is 5.60 Å². The van der Waals surface area contributed by atoms with Gasteiger partial charge in [-0.25, -0.2) is 0 Å². The smallest absolute Gasteiger partial charge is 0.175 e. The van der Waals surface area contributed by atoms with Gasteiger partial charge in [-0.3, -0.25) is 4.90 Å². The number of halogens is 1. The van der Waals surface area contributed by atoms with Gasteiger partial charge in [0.2, 0.25) is 0 Å². The van der Waals surface area contributed by atoms with Crippen LogP contribution >= 0.6 is 22.9 Å². The first kappa shape index (κ1) is 18.5. The van der Waals surface area contributed by atoms with Gasteiger partial charge in [-0.05, 0) is 49.2 Å². The first-order chi connectivity index (χ1) is 13.5.